The van der Waals surface area contributed by atoms with Gasteiger partial charge in [0.15, 0.2) is 0 Å². The molecule has 0 bridgehead atoms. The third-order valence-electron chi connectivity index (χ3n) is 6.94. The van der Waals surface area contributed by atoms with Crippen LogP contribution in [0.15, 0.2) is 48.7 Å². The van der Waals surface area contributed by atoms with Crippen LogP contribution in [0.5, 0.6) is 6.01 Å². The van der Waals surface area contributed by atoms with E-state index in [0.29, 0.717) is 36.8 Å². The number of hydrogen-bond acceptors (Lipinski definition) is 7. The summed E-state index contributed by atoms with van der Waals surface area (Å²) in [4.78, 5) is 27.0. The molecule has 1 aromatic heterocycles. The summed E-state index contributed by atoms with van der Waals surface area (Å²) >= 11 is 0. The zero-order chi connectivity index (χ0) is 34.8. The van der Waals surface area contributed by atoms with Crippen LogP contribution in [0.2, 0.25) is 0 Å². The SMILES string of the molecule is CC(CO)N(C)C.Cc1ccccc1-c1nc(OCCCN(C)C)ncc1C(=O)N(C)Cc1cc(C(F)(F)F)cc(C(F)(F)F)c1. The molecule has 0 aliphatic rings. The second kappa shape index (κ2) is 16.7. The van der Waals surface area contributed by atoms with Crippen LogP contribution in [0.4, 0.5) is 26.3 Å². The van der Waals surface area contributed by atoms with E-state index in [1.54, 1.807) is 18.2 Å². The molecule has 1 unspecified atom stereocenters. The van der Waals surface area contributed by atoms with Crippen molar-refractivity contribution in [2.45, 2.75) is 45.2 Å². The second-order valence-corrected chi connectivity index (χ2v) is 11.3. The Hall–Kier alpha value is -3.75. The molecule has 3 rings (SSSR count). The molecule has 1 N–H and O–H groups in total. The maximum Gasteiger partial charge on any atom is 0.416 e. The van der Waals surface area contributed by atoms with E-state index < -0.39 is 35.9 Å². The van der Waals surface area contributed by atoms with Crippen LogP contribution in [-0.4, -0.2) is 96.7 Å². The van der Waals surface area contributed by atoms with Gasteiger partial charge in [0.1, 0.15) is 0 Å². The number of halogens is 6. The summed E-state index contributed by atoms with van der Waals surface area (Å²) in [5, 5.41) is 8.46. The largest absolute Gasteiger partial charge is 0.463 e. The molecule has 1 heterocycles. The van der Waals surface area contributed by atoms with Crippen LogP contribution < -0.4 is 4.74 Å². The van der Waals surface area contributed by atoms with E-state index >= 15 is 0 Å². The minimum absolute atomic E-state index is 0.0236. The summed E-state index contributed by atoms with van der Waals surface area (Å²) in [5.74, 6) is -0.682. The van der Waals surface area contributed by atoms with E-state index in [1.807, 2.05) is 57.9 Å². The lowest BCUT2D eigenvalue weighted by Gasteiger charge is -2.21. The standard InChI is InChI=1S/C27H28F6N4O2.C5H13NO/c1-17-8-5-6-9-21(17)23-22(15-34-25(35-23)39-11-7-10-36(2)3)24(38)37(4)16-18-12-19(26(28,29)30)14-20(13-18)27(31,32)33;1-5(4-7)6(2)3/h5-6,8-9,12-15H,7,10-11,16H2,1-4H3;5,7H,4H2,1-3H3. The molecule has 1 amide bonds. The highest BCUT2D eigenvalue weighted by Gasteiger charge is 2.37. The summed E-state index contributed by atoms with van der Waals surface area (Å²) < 4.78 is 85.4. The number of aliphatic hydroxyl groups excluding tert-OH is 1. The molecule has 3 aromatic rings. The Bertz CT molecular complexity index is 1400. The number of carbonyl (C=O) groups is 1. The zero-order valence-corrected chi connectivity index (χ0v) is 27.0. The summed E-state index contributed by atoms with van der Waals surface area (Å²) in [6.07, 6.45) is -8.03. The Kier molecular flexibility index (Phi) is 14.0. The highest BCUT2D eigenvalue weighted by atomic mass is 19.4. The van der Waals surface area contributed by atoms with Gasteiger partial charge in [-0.25, -0.2) is 4.98 Å². The van der Waals surface area contributed by atoms with Crippen molar-refractivity contribution < 1.29 is 41.0 Å². The van der Waals surface area contributed by atoms with Gasteiger partial charge in [0, 0.05) is 37.9 Å². The van der Waals surface area contributed by atoms with E-state index in [9.17, 15) is 31.1 Å². The maximum absolute atomic E-state index is 13.4. The van der Waals surface area contributed by atoms with Crippen LogP contribution in [0, 0.1) is 6.92 Å². The number of amides is 1. The summed E-state index contributed by atoms with van der Waals surface area (Å²) in [7, 11) is 9.02. The molecular formula is C32H41F6N5O3. The minimum atomic E-state index is -4.99. The second-order valence-electron chi connectivity index (χ2n) is 11.3. The molecule has 0 aliphatic carbocycles. The number of alkyl halides is 6. The Morgan fingerprint density at radius 2 is 1.54 bits per heavy atom. The van der Waals surface area contributed by atoms with Gasteiger partial charge < -0.3 is 24.5 Å². The van der Waals surface area contributed by atoms with E-state index in [0.717, 1.165) is 17.0 Å². The number of rotatable bonds is 11. The summed E-state index contributed by atoms with van der Waals surface area (Å²) in [5.41, 5.74) is -1.57. The highest BCUT2D eigenvalue weighted by Crippen LogP contribution is 2.37. The fraction of sp³-hybridized carbons (Fsp3) is 0.469. The first-order valence-electron chi connectivity index (χ1n) is 14.4. The molecule has 2 aromatic carbocycles. The Balaban J connectivity index is 0.000000942. The molecule has 46 heavy (non-hydrogen) atoms. The Morgan fingerprint density at radius 3 is 2.02 bits per heavy atom. The number of hydrogen-bond donors (Lipinski definition) is 1. The van der Waals surface area contributed by atoms with Gasteiger partial charge in [-0.1, -0.05) is 24.3 Å². The number of aliphatic hydroxyl groups is 1. The number of aryl methyl sites for hydroxylation is 1. The predicted octanol–water partition coefficient (Wildman–Crippen LogP) is 6.02. The molecule has 1 atom stereocenters. The topological polar surface area (TPSA) is 82.0 Å². The smallest absolute Gasteiger partial charge is 0.416 e. The molecule has 0 spiro atoms. The number of likely N-dealkylation sites (N-methyl/N-ethyl adjacent to an activating group) is 1. The Labute approximate surface area is 265 Å². The molecule has 0 saturated heterocycles. The van der Waals surface area contributed by atoms with Crippen molar-refractivity contribution in [3.63, 3.8) is 0 Å². The van der Waals surface area contributed by atoms with Crippen molar-refractivity contribution in [3.05, 3.63) is 76.5 Å². The van der Waals surface area contributed by atoms with Gasteiger partial charge in [-0.2, -0.15) is 31.3 Å². The average Bonchev–Trinajstić information content (AvgIpc) is 2.97. The van der Waals surface area contributed by atoms with Gasteiger partial charge in [-0.3, -0.25) is 4.79 Å². The number of carbonyl (C=O) groups excluding carboxylic acids is 1. The molecule has 8 nitrogen and oxygen atoms in total. The Morgan fingerprint density at radius 1 is 0.957 bits per heavy atom. The van der Waals surface area contributed by atoms with Gasteiger partial charge in [0.2, 0.25) is 0 Å². The molecule has 254 valence electrons. The van der Waals surface area contributed by atoms with Crippen LogP contribution in [-0.2, 0) is 18.9 Å². The molecule has 0 aliphatic heterocycles. The number of ether oxygens (including phenoxy) is 1. The number of nitrogens with zero attached hydrogens (tertiary/aromatic N) is 5. The van der Waals surface area contributed by atoms with Crippen LogP contribution >= 0.6 is 0 Å². The van der Waals surface area contributed by atoms with Gasteiger partial charge in [-0.15, -0.1) is 0 Å². The predicted molar refractivity (Wildman–Crippen MR) is 163 cm³/mol. The fourth-order valence-electron chi connectivity index (χ4n) is 4.01. The molecule has 0 radical (unpaired) electrons. The monoisotopic (exact) mass is 657 g/mol. The highest BCUT2D eigenvalue weighted by molar-refractivity contribution is 5.99. The van der Waals surface area contributed by atoms with E-state index in [-0.39, 0.29) is 35.5 Å². The zero-order valence-electron chi connectivity index (χ0n) is 27.0. The van der Waals surface area contributed by atoms with E-state index in [1.165, 1.54) is 13.2 Å². The third-order valence-corrected chi connectivity index (χ3v) is 6.94. The van der Waals surface area contributed by atoms with Gasteiger partial charge in [-0.05, 0) is 77.8 Å². The maximum atomic E-state index is 13.4. The number of aromatic nitrogens is 2. The van der Waals surface area contributed by atoms with Crippen LogP contribution in [0.25, 0.3) is 11.3 Å². The average molecular weight is 658 g/mol. The van der Waals surface area contributed by atoms with Gasteiger partial charge >= 0.3 is 18.4 Å². The van der Waals surface area contributed by atoms with Gasteiger partial charge in [0.25, 0.3) is 5.91 Å². The lowest BCUT2D eigenvalue weighted by atomic mass is 10.0. The van der Waals surface area contributed by atoms with Crippen molar-refractivity contribution in [1.82, 2.24) is 24.7 Å². The first-order valence-corrected chi connectivity index (χ1v) is 14.4. The van der Waals surface area contributed by atoms with Crippen molar-refractivity contribution in [3.8, 4) is 17.3 Å². The normalized spacial score (nSPS) is 12.5. The van der Waals surface area contributed by atoms with E-state index in [4.69, 9.17) is 9.84 Å². The molecule has 0 saturated carbocycles. The lowest BCUT2D eigenvalue weighted by Crippen LogP contribution is -2.28. The van der Waals surface area contributed by atoms with Crippen LogP contribution in [0.1, 0.15) is 46.0 Å². The van der Waals surface area contributed by atoms with Gasteiger partial charge in [0.05, 0.1) is 35.6 Å². The fourth-order valence-corrected chi connectivity index (χ4v) is 4.01. The quantitative estimate of drug-likeness (QED) is 0.200. The van der Waals surface area contributed by atoms with Crippen molar-refractivity contribution in [1.29, 1.82) is 0 Å². The van der Waals surface area contributed by atoms with E-state index in [2.05, 4.69) is 9.97 Å². The first kappa shape index (κ1) is 38.4. The summed E-state index contributed by atoms with van der Waals surface area (Å²) in [6, 6.07) is 8.69. The third kappa shape index (κ3) is 11.6. The minimum Gasteiger partial charge on any atom is -0.463 e. The van der Waals surface area contributed by atoms with Crippen LogP contribution in [0.3, 0.4) is 0 Å². The van der Waals surface area contributed by atoms with Crippen molar-refractivity contribution in [2.24, 2.45) is 0 Å². The lowest BCUT2D eigenvalue weighted by molar-refractivity contribution is -0.143. The first-order chi connectivity index (χ1) is 21.3. The number of benzene rings is 2. The molecule has 14 heteroatoms. The molecule has 0 fully saturated rings. The molecular weight excluding hydrogens is 616 g/mol. The summed E-state index contributed by atoms with van der Waals surface area (Å²) in [6.45, 7) is 4.62. The van der Waals surface area contributed by atoms with Crippen molar-refractivity contribution in [2.75, 3.05) is 55.0 Å². The van der Waals surface area contributed by atoms with Crippen molar-refractivity contribution >= 4 is 5.91 Å².